The van der Waals surface area contributed by atoms with Crippen molar-refractivity contribution in [2.45, 2.75) is 39.8 Å². The first-order valence-electron chi connectivity index (χ1n) is 6.51. The van der Waals surface area contributed by atoms with Crippen LogP contribution in [0.25, 0.3) is 11.0 Å². The lowest BCUT2D eigenvalue weighted by Gasteiger charge is -2.08. The number of nitrogens with one attached hydrogen (secondary N) is 1. The van der Waals surface area contributed by atoms with Crippen LogP contribution in [0.2, 0.25) is 0 Å². The van der Waals surface area contributed by atoms with Crippen molar-refractivity contribution in [3.63, 3.8) is 0 Å². The Hall–Kier alpha value is -1.35. The Balaban J connectivity index is 2.29. The van der Waals surface area contributed by atoms with Crippen molar-refractivity contribution in [1.29, 1.82) is 0 Å². The maximum absolute atomic E-state index is 4.70. The number of imidazole rings is 1. The van der Waals surface area contributed by atoms with Crippen molar-refractivity contribution in [3.05, 3.63) is 30.1 Å². The molecule has 0 radical (unpaired) electrons. The number of fused-ring (bicyclic) bond motifs is 1. The summed E-state index contributed by atoms with van der Waals surface area (Å²) in [6.45, 7) is 7.35. The Kier molecular flexibility index (Phi) is 4.15. The first-order valence-corrected chi connectivity index (χ1v) is 6.51. The van der Waals surface area contributed by atoms with Gasteiger partial charge < -0.3 is 9.88 Å². The minimum atomic E-state index is 0.864. The third kappa shape index (κ3) is 2.67. The van der Waals surface area contributed by atoms with Crippen LogP contribution in [0.15, 0.2) is 24.3 Å². The van der Waals surface area contributed by atoms with Crippen molar-refractivity contribution >= 4 is 11.0 Å². The second-order valence-corrected chi connectivity index (χ2v) is 4.35. The molecule has 1 N–H and O–H groups in total. The fourth-order valence-corrected chi connectivity index (χ4v) is 2.11. The molecule has 0 amide bonds. The largest absolute Gasteiger partial charge is 0.327 e. The van der Waals surface area contributed by atoms with Crippen LogP contribution in [0, 0.1) is 0 Å². The van der Waals surface area contributed by atoms with E-state index in [1.807, 2.05) is 0 Å². The molecule has 3 nitrogen and oxygen atoms in total. The molecule has 2 aromatic rings. The maximum Gasteiger partial charge on any atom is 0.123 e. The molecule has 0 saturated carbocycles. The maximum atomic E-state index is 4.70. The van der Waals surface area contributed by atoms with E-state index in [1.54, 1.807) is 0 Å². The third-order valence-electron chi connectivity index (χ3n) is 2.89. The summed E-state index contributed by atoms with van der Waals surface area (Å²) >= 11 is 0. The van der Waals surface area contributed by atoms with E-state index in [2.05, 4.69) is 48.0 Å². The highest BCUT2D eigenvalue weighted by atomic mass is 15.1. The number of hydrogen-bond acceptors (Lipinski definition) is 2. The molecule has 1 heterocycles. The lowest BCUT2D eigenvalue weighted by molar-refractivity contribution is 0.595. The number of rotatable bonds is 6. The molecule has 1 aromatic carbocycles. The number of nitrogens with zero attached hydrogens (tertiary/aromatic N) is 2. The summed E-state index contributed by atoms with van der Waals surface area (Å²) in [6, 6.07) is 8.38. The molecule has 0 aliphatic carbocycles. The third-order valence-corrected chi connectivity index (χ3v) is 2.89. The van der Waals surface area contributed by atoms with Crippen molar-refractivity contribution in [1.82, 2.24) is 14.9 Å². The van der Waals surface area contributed by atoms with Crippen LogP contribution in [-0.4, -0.2) is 16.1 Å². The van der Waals surface area contributed by atoms with Crippen LogP contribution in [0.1, 0.15) is 32.5 Å². The minimum absolute atomic E-state index is 0.864. The van der Waals surface area contributed by atoms with Gasteiger partial charge >= 0.3 is 0 Å². The van der Waals surface area contributed by atoms with Crippen molar-refractivity contribution in [2.24, 2.45) is 0 Å². The average molecular weight is 231 g/mol. The fourth-order valence-electron chi connectivity index (χ4n) is 2.11. The normalized spacial score (nSPS) is 11.2. The highest BCUT2D eigenvalue weighted by molar-refractivity contribution is 5.75. The Labute approximate surface area is 103 Å². The summed E-state index contributed by atoms with van der Waals surface area (Å²) in [7, 11) is 0. The van der Waals surface area contributed by atoms with Crippen molar-refractivity contribution in [3.8, 4) is 0 Å². The molecule has 0 atom stereocenters. The van der Waals surface area contributed by atoms with Gasteiger partial charge in [-0.15, -0.1) is 0 Å². The van der Waals surface area contributed by atoms with Gasteiger partial charge in [-0.2, -0.15) is 0 Å². The Morgan fingerprint density at radius 1 is 1.18 bits per heavy atom. The fraction of sp³-hybridized carbons (Fsp3) is 0.500. The van der Waals surface area contributed by atoms with E-state index in [0.29, 0.717) is 0 Å². The van der Waals surface area contributed by atoms with Gasteiger partial charge in [0, 0.05) is 6.54 Å². The first-order chi connectivity index (χ1) is 8.36. The molecule has 3 heteroatoms. The molecule has 0 spiro atoms. The van der Waals surface area contributed by atoms with Gasteiger partial charge in [-0.05, 0) is 31.5 Å². The van der Waals surface area contributed by atoms with Crippen LogP contribution in [0.3, 0.4) is 0 Å². The van der Waals surface area contributed by atoms with Gasteiger partial charge in [-0.25, -0.2) is 4.98 Å². The second kappa shape index (κ2) is 5.82. The Morgan fingerprint density at radius 3 is 2.76 bits per heavy atom. The number of aryl methyl sites for hydroxylation is 1. The zero-order valence-corrected chi connectivity index (χ0v) is 10.7. The number of hydrogen-bond donors (Lipinski definition) is 1. The predicted octanol–water partition coefficient (Wildman–Crippen LogP) is 2.95. The Morgan fingerprint density at radius 2 is 2.00 bits per heavy atom. The van der Waals surface area contributed by atoms with Gasteiger partial charge in [0.05, 0.1) is 17.6 Å². The molecule has 0 aliphatic rings. The number of para-hydroxylation sites is 2. The summed E-state index contributed by atoms with van der Waals surface area (Å²) in [6.07, 6.45) is 2.30. The van der Waals surface area contributed by atoms with Crippen molar-refractivity contribution in [2.75, 3.05) is 6.54 Å². The van der Waals surface area contributed by atoms with Crippen LogP contribution < -0.4 is 5.32 Å². The van der Waals surface area contributed by atoms with Crippen molar-refractivity contribution < 1.29 is 0 Å². The van der Waals surface area contributed by atoms with Gasteiger partial charge in [0.2, 0.25) is 0 Å². The zero-order valence-electron chi connectivity index (χ0n) is 10.7. The summed E-state index contributed by atoms with van der Waals surface area (Å²) in [5.74, 6) is 1.15. The lowest BCUT2D eigenvalue weighted by Crippen LogP contribution is -2.17. The standard InChI is InChI=1S/C14H21N3/c1-3-9-15-11-14-16-12-7-5-6-8-13(12)17(14)10-4-2/h5-8,15H,3-4,9-11H2,1-2H3. The van der Waals surface area contributed by atoms with Crippen LogP contribution in [0.5, 0.6) is 0 Å². The molecule has 1 aromatic heterocycles. The van der Waals surface area contributed by atoms with Gasteiger partial charge in [0.1, 0.15) is 5.82 Å². The number of aromatic nitrogens is 2. The molecular weight excluding hydrogens is 210 g/mol. The van der Waals surface area contributed by atoms with Crippen LogP contribution >= 0.6 is 0 Å². The molecule has 92 valence electrons. The molecule has 0 bridgehead atoms. The SMILES string of the molecule is CCCNCc1nc2ccccc2n1CCC. The zero-order chi connectivity index (χ0) is 12.1. The smallest absolute Gasteiger partial charge is 0.123 e. The molecular formula is C14H21N3. The highest BCUT2D eigenvalue weighted by Crippen LogP contribution is 2.16. The van der Waals surface area contributed by atoms with E-state index in [4.69, 9.17) is 4.98 Å². The summed E-state index contributed by atoms with van der Waals surface area (Å²) in [5.41, 5.74) is 2.36. The number of benzene rings is 1. The minimum Gasteiger partial charge on any atom is -0.327 e. The van der Waals surface area contributed by atoms with E-state index in [1.165, 1.54) is 5.52 Å². The molecule has 0 fully saturated rings. The van der Waals surface area contributed by atoms with E-state index >= 15 is 0 Å². The van der Waals surface area contributed by atoms with Crippen LogP contribution in [0.4, 0.5) is 0 Å². The molecule has 0 unspecified atom stereocenters. The van der Waals surface area contributed by atoms with Gasteiger partial charge in [0.25, 0.3) is 0 Å². The predicted molar refractivity (Wildman–Crippen MR) is 72.0 cm³/mol. The van der Waals surface area contributed by atoms with Gasteiger partial charge in [0.15, 0.2) is 0 Å². The van der Waals surface area contributed by atoms with E-state index < -0.39 is 0 Å². The summed E-state index contributed by atoms with van der Waals surface area (Å²) in [5, 5.41) is 3.43. The quantitative estimate of drug-likeness (QED) is 0.775. The van der Waals surface area contributed by atoms with Gasteiger partial charge in [-0.3, -0.25) is 0 Å². The van der Waals surface area contributed by atoms with E-state index in [0.717, 1.165) is 43.8 Å². The van der Waals surface area contributed by atoms with E-state index in [-0.39, 0.29) is 0 Å². The molecule has 17 heavy (non-hydrogen) atoms. The lowest BCUT2D eigenvalue weighted by atomic mass is 10.3. The average Bonchev–Trinajstić information content (AvgIpc) is 2.69. The second-order valence-electron chi connectivity index (χ2n) is 4.35. The molecule has 0 aliphatic heterocycles. The first kappa shape index (κ1) is 12.1. The monoisotopic (exact) mass is 231 g/mol. The highest BCUT2D eigenvalue weighted by Gasteiger charge is 2.08. The molecule has 2 rings (SSSR count). The summed E-state index contributed by atoms with van der Waals surface area (Å²) < 4.78 is 2.33. The Bertz CT molecular complexity index is 473. The topological polar surface area (TPSA) is 29.9 Å². The summed E-state index contributed by atoms with van der Waals surface area (Å²) in [4.78, 5) is 4.70. The van der Waals surface area contributed by atoms with Gasteiger partial charge in [-0.1, -0.05) is 26.0 Å². The van der Waals surface area contributed by atoms with E-state index in [9.17, 15) is 0 Å². The van der Waals surface area contributed by atoms with Crippen LogP contribution in [-0.2, 0) is 13.1 Å². The molecule has 0 saturated heterocycles.